The molecule has 3 heteroatoms. The molecule has 0 N–H and O–H groups in total. The number of likely N-dealkylation sites (tertiary alicyclic amines) is 1. The number of piperidine rings is 1. The zero-order chi connectivity index (χ0) is 14.2. The van der Waals surface area contributed by atoms with Gasteiger partial charge in [0.2, 0.25) is 0 Å². The number of ether oxygens (including phenoxy) is 1. The van der Waals surface area contributed by atoms with Crippen LogP contribution in [0.2, 0.25) is 0 Å². The average Bonchev–Trinajstić information content (AvgIpc) is 2.52. The topological polar surface area (TPSA) is 29.5 Å². The van der Waals surface area contributed by atoms with Gasteiger partial charge in [-0.3, -0.25) is 0 Å². The van der Waals surface area contributed by atoms with Gasteiger partial charge in [-0.15, -0.1) is 6.58 Å². The minimum absolute atomic E-state index is 0.183. The van der Waals surface area contributed by atoms with Crippen molar-refractivity contribution in [3.63, 3.8) is 0 Å². The molecular formula is C17H23NO2. The lowest BCUT2D eigenvalue weighted by Gasteiger charge is -2.31. The highest BCUT2D eigenvalue weighted by Gasteiger charge is 2.24. The van der Waals surface area contributed by atoms with Crippen LogP contribution in [0.4, 0.5) is 4.79 Å². The molecular weight excluding hydrogens is 250 g/mol. The predicted molar refractivity (Wildman–Crippen MR) is 80.4 cm³/mol. The van der Waals surface area contributed by atoms with Crippen LogP contribution >= 0.6 is 0 Å². The molecule has 0 radical (unpaired) electrons. The lowest BCUT2D eigenvalue weighted by atomic mass is 9.94. The van der Waals surface area contributed by atoms with Gasteiger partial charge in [-0.05, 0) is 37.2 Å². The van der Waals surface area contributed by atoms with Gasteiger partial charge in [0.25, 0.3) is 0 Å². The third-order valence-corrected chi connectivity index (χ3v) is 3.76. The van der Waals surface area contributed by atoms with E-state index in [0.29, 0.717) is 12.5 Å². The van der Waals surface area contributed by atoms with Crippen molar-refractivity contribution < 1.29 is 9.53 Å². The third-order valence-electron chi connectivity index (χ3n) is 3.76. The standard InChI is InChI=1S/C17H23NO2/c1-2-3-8-15-11-7-12-18(13-15)17(19)20-14-16-9-5-4-6-10-16/h2,4-6,9-10,15H,1,3,7-8,11-14H2. The first-order valence-corrected chi connectivity index (χ1v) is 7.36. The summed E-state index contributed by atoms with van der Waals surface area (Å²) in [6.45, 7) is 5.75. The van der Waals surface area contributed by atoms with Gasteiger partial charge < -0.3 is 9.64 Å². The maximum atomic E-state index is 12.1. The van der Waals surface area contributed by atoms with Crippen LogP contribution in [0, 0.1) is 5.92 Å². The molecule has 1 saturated heterocycles. The van der Waals surface area contributed by atoms with Crippen molar-refractivity contribution in [3.8, 4) is 0 Å². The summed E-state index contributed by atoms with van der Waals surface area (Å²) >= 11 is 0. The minimum atomic E-state index is -0.183. The fourth-order valence-electron chi connectivity index (χ4n) is 2.63. The monoisotopic (exact) mass is 273 g/mol. The summed E-state index contributed by atoms with van der Waals surface area (Å²) in [5.41, 5.74) is 1.03. The molecule has 1 aromatic rings. The van der Waals surface area contributed by atoms with Crippen LogP contribution in [-0.4, -0.2) is 24.1 Å². The molecule has 1 aliphatic heterocycles. The maximum absolute atomic E-state index is 12.1. The van der Waals surface area contributed by atoms with Gasteiger partial charge in [0.15, 0.2) is 0 Å². The third kappa shape index (κ3) is 4.41. The second-order valence-electron chi connectivity index (χ2n) is 5.36. The molecule has 0 aliphatic carbocycles. The molecule has 1 aliphatic rings. The number of amides is 1. The fourth-order valence-corrected chi connectivity index (χ4v) is 2.63. The van der Waals surface area contributed by atoms with Crippen LogP contribution in [0.25, 0.3) is 0 Å². The second-order valence-corrected chi connectivity index (χ2v) is 5.36. The number of allylic oxidation sites excluding steroid dienone is 1. The Morgan fingerprint density at radius 3 is 2.95 bits per heavy atom. The Morgan fingerprint density at radius 2 is 2.20 bits per heavy atom. The molecule has 0 aromatic heterocycles. The molecule has 20 heavy (non-hydrogen) atoms. The Hall–Kier alpha value is -1.77. The van der Waals surface area contributed by atoms with Gasteiger partial charge in [0, 0.05) is 13.1 Å². The van der Waals surface area contributed by atoms with E-state index in [1.807, 2.05) is 41.3 Å². The van der Waals surface area contributed by atoms with E-state index in [1.165, 1.54) is 6.42 Å². The molecule has 1 aromatic carbocycles. The number of nitrogens with zero attached hydrogens (tertiary/aromatic N) is 1. The second kappa shape index (κ2) is 7.73. The van der Waals surface area contributed by atoms with Crippen molar-refractivity contribution in [2.45, 2.75) is 32.3 Å². The van der Waals surface area contributed by atoms with E-state index in [-0.39, 0.29) is 6.09 Å². The normalized spacial score (nSPS) is 18.6. The van der Waals surface area contributed by atoms with Gasteiger partial charge in [-0.25, -0.2) is 4.79 Å². The van der Waals surface area contributed by atoms with E-state index in [1.54, 1.807) is 0 Å². The Balaban J connectivity index is 1.78. The molecule has 108 valence electrons. The molecule has 0 spiro atoms. The quantitative estimate of drug-likeness (QED) is 0.759. The average molecular weight is 273 g/mol. The van der Waals surface area contributed by atoms with E-state index < -0.39 is 0 Å². The number of carbonyl (C=O) groups excluding carboxylic acids is 1. The molecule has 3 nitrogen and oxygen atoms in total. The Labute approximate surface area is 121 Å². The lowest BCUT2D eigenvalue weighted by molar-refractivity contribution is 0.0781. The van der Waals surface area contributed by atoms with Crippen molar-refractivity contribution in [1.29, 1.82) is 0 Å². The SMILES string of the molecule is C=CCCC1CCCN(C(=O)OCc2ccccc2)C1. The number of hydrogen-bond donors (Lipinski definition) is 0. The van der Waals surface area contributed by atoms with Gasteiger partial charge in [0.05, 0.1) is 0 Å². The Morgan fingerprint density at radius 1 is 1.40 bits per heavy atom. The van der Waals surface area contributed by atoms with E-state index in [9.17, 15) is 4.79 Å². The minimum Gasteiger partial charge on any atom is -0.445 e. The van der Waals surface area contributed by atoms with E-state index in [4.69, 9.17) is 4.74 Å². The number of carbonyl (C=O) groups is 1. The van der Waals surface area contributed by atoms with Gasteiger partial charge in [-0.1, -0.05) is 36.4 Å². The molecule has 1 fully saturated rings. The van der Waals surface area contributed by atoms with Crippen LogP contribution in [0.1, 0.15) is 31.2 Å². The molecule has 1 atom stereocenters. The summed E-state index contributed by atoms with van der Waals surface area (Å²) in [6, 6.07) is 9.80. The van der Waals surface area contributed by atoms with Crippen LogP contribution in [0.5, 0.6) is 0 Å². The van der Waals surface area contributed by atoms with Crippen molar-refractivity contribution in [2.75, 3.05) is 13.1 Å². The highest BCUT2D eigenvalue weighted by atomic mass is 16.6. The fraction of sp³-hybridized carbons (Fsp3) is 0.471. The summed E-state index contributed by atoms with van der Waals surface area (Å²) < 4.78 is 5.39. The summed E-state index contributed by atoms with van der Waals surface area (Å²) in [6.07, 6.45) is 6.19. The van der Waals surface area contributed by atoms with Gasteiger partial charge in [0.1, 0.15) is 6.61 Å². The molecule has 1 amide bonds. The zero-order valence-corrected chi connectivity index (χ0v) is 12.0. The molecule has 0 saturated carbocycles. The smallest absolute Gasteiger partial charge is 0.410 e. The number of benzene rings is 1. The summed E-state index contributed by atoms with van der Waals surface area (Å²) in [4.78, 5) is 13.9. The van der Waals surface area contributed by atoms with Crippen LogP contribution in [0.15, 0.2) is 43.0 Å². The first kappa shape index (κ1) is 14.6. The first-order chi connectivity index (χ1) is 9.79. The van der Waals surface area contributed by atoms with Crippen molar-refractivity contribution in [3.05, 3.63) is 48.6 Å². The zero-order valence-electron chi connectivity index (χ0n) is 12.0. The van der Waals surface area contributed by atoms with Crippen molar-refractivity contribution >= 4 is 6.09 Å². The van der Waals surface area contributed by atoms with E-state index in [0.717, 1.165) is 37.9 Å². The van der Waals surface area contributed by atoms with Crippen molar-refractivity contribution in [1.82, 2.24) is 4.90 Å². The summed E-state index contributed by atoms with van der Waals surface area (Å²) in [5.74, 6) is 0.589. The Kier molecular flexibility index (Phi) is 5.66. The van der Waals surface area contributed by atoms with Crippen LogP contribution in [0.3, 0.4) is 0 Å². The molecule has 0 bridgehead atoms. The van der Waals surface area contributed by atoms with Gasteiger partial charge in [-0.2, -0.15) is 0 Å². The van der Waals surface area contributed by atoms with Crippen molar-refractivity contribution in [2.24, 2.45) is 5.92 Å². The van der Waals surface area contributed by atoms with Gasteiger partial charge >= 0.3 is 6.09 Å². The predicted octanol–water partition coefficient (Wildman–Crippen LogP) is 4.00. The molecule has 2 rings (SSSR count). The van der Waals surface area contributed by atoms with E-state index >= 15 is 0 Å². The Bertz CT molecular complexity index is 430. The van der Waals surface area contributed by atoms with E-state index in [2.05, 4.69) is 6.58 Å². The first-order valence-electron chi connectivity index (χ1n) is 7.36. The molecule has 1 heterocycles. The van der Waals surface area contributed by atoms with Crippen LogP contribution < -0.4 is 0 Å². The molecule has 1 unspecified atom stereocenters. The largest absolute Gasteiger partial charge is 0.445 e. The van der Waals surface area contributed by atoms with Crippen LogP contribution in [-0.2, 0) is 11.3 Å². The number of rotatable bonds is 5. The highest BCUT2D eigenvalue weighted by Crippen LogP contribution is 2.21. The maximum Gasteiger partial charge on any atom is 0.410 e. The lowest BCUT2D eigenvalue weighted by Crippen LogP contribution is -2.40. The number of hydrogen-bond acceptors (Lipinski definition) is 2. The summed E-state index contributed by atoms with van der Waals surface area (Å²) in [7, 11) is 0. The highest BCUT2D eigenvalue weighted by molar-refractivity contribution is 5.67. The summed E-state index contributed by atoms with van der Waals surface area (Å²) in [5, 5.41) is 0.